The molecule has 0 unspecified atom stereocenters. The summed E-state index contributed by atoms with van der Waals surface area (Å²) in [4.78, 5) is 4.80. The van der Waals surface area contributed by atoms with Gasteiger partial charge in [-0.3, -0.25) is 0 Å². The van der Waals surface area contributed by atoms with Crippen molar-refractivity contribution in [3.63, 3.8) is 0 Å². The van der Waals surface area contributed by atoms with Crippen molar-refractivity contribution in [2.45, 2.75) is 22.3 Å². The lowest BCUT2D eigenvalue weighted by Crippen LogP contribution is -2.05. The number of nitrogens with zero attached hydrogens (tertiary/aromatic N) is 1. The topological polar surface area (TPSA) is 38.9 Å². The molecule has 0 fully saturated rings. The molecule has 0 aliphatic rings. The first-order chi connectivity index (χ1) is 8.36. The standard InChI is InChI=1S/C11H9F3N2S2/c1-6-5-17-10(16-6)18-9-3-2-7(4-8(9)15)11(12,13)14/h2-5H,15H2,1H3. The third kappa shape index (κ3) is 2.97. The van der Waals surface area contributed by atoms with Crippen molar-refractivity contribution in [2.24, 2.45) is 0 Å². The van der Waals surface area contributed by atoms with Gasteiger partial charge in [0.1, 0.15) is 0 Å². The number of aryl methyl sites for hydroxylation is 1. The van der Waals surface area contributed by atoms with Gasteiger partial charge < -0.3 is 5.73 Å². The van der Waals surface area contributed by atoms with Crippen molar-refractivity contribution in [3.05, 3.63) is 34.8 Å². The van der Waals surface area contributed by atoms with Gasteiger partial charge in [0.2, 0.25) is 0 Å². The van der Waals surface area contributed by atoms with Crippen LogP contribution in [-0.2, 0) is 6.18 Å². The van der Waals surface area contributed by atoms with Gasteiger partial charge in [0, 0.05) is 21.7 Å². The number of rotatable bonds is 2. The Morgan fingerprint density at radius 3 is 2.56 bits per heavy atom. The second-order valence-electron chi connectivity index (χ2n) is 3.61. The van der Waals surface area contributed by atoms with Gasteiger partial charge in [-0.15, -0.1) is 11.3 Å². The fourth-order valence-corrected chi connectivity index (χ4v) is 3.11. The van der Waals surface area contributed by atoms with Crippen LogP contribution in [-0.4, -0.2) is 4.98 Å². The number of aromatic nitrogens is 1. The van der Waals surface area contributed by atoms with Crippen molar-refractivity contribution < 1.29 is 13.2 Å². The first-order valence-electron chi connectivity index (χ1n) is 4.93. The maximum atomic E-state index is 12.5. The maximum absolute atomic E-state index is 12.5. The molecule has 2 aromatic rings. The average molecular weight is 290 g/mol. The highest BCUT2D eigenvalue weighted by Crippen LogP contribution is 2.37. The molecule has 0 aliphatic carbocycles. The highest BCUT2D eigenvalue weighted by Gasteiger charge is 2.30. The Balaban J connectivity index is 2.25. The minimum Gasteiger partial charge on any atom is -0.398 e. The first-order valence-corrected chi connectivity index (χ1v) is 6.62. The molecule has 2 rings (SSSR count). The van der Waals surface area contributed by atoms with Crippen LogP contribution in [0.4, 0.5) is 18.9 Å². The molecular weight excluding hydrogens is 281 g/mol. The number of hydrogen-bond acceptors (Lipinski definition) is 4. The lowest BCUT2D eigenvalue weighted by molar-refractivity contribution is -0.137. The summed E-state index contributed by atoms with van der Waals surface area (Å²) in [6.07, 6.45) is -4.37. The molecule has 0 spiro atoms. The van der Waals surface area contributed by atoms with E-state index in [0.717, 1.165) is 22.2 Å². The van der Waals surface area contributed by atoms with E-state index >= 15 is 0 Å². The molecule has 0 atom stereocenters. The summed E-state index contributed by atoms with van der Waals surface area (Å²) >= 11 is 2.71. The zero-order chi connectivity index (χ0) is 13.3. The monoisotopic (exact) mass is 290 g/mol. The molecular formula is C11H9F3N2S2. The van der Waals surface area contributed by atoms with Crippen LogP contribution >= 0.6 is 23.1 Å². The number of anilines is 1. The maximum Gasteiger partial charge on any atom is 0.416 e. The van der Waals surface area contributed by atoms with Gasteiger partial charge in [-0.25, -0.2) is 4.98 Å². The van der Waals surface area contributed by atoms with Crippen LogP contribution in [0.25, 0.3) is 0 Å². The minimum absolute atomic E-state index is 0.114. The zero-order valence-electron chi connectivity index (χ0n) is 9.28. The summed E-state index contributed by atoms with van der Waals surface area (Å²) in [6, 6.07) is 3.35. The normalized spacial score (nSPS) is 11.8. The van der Waals surface area contributed by atoms with Gasteiger partial charge in [0.15, 0.2) is 4.34 Å². The molecule has 0 bridgehead atoms. The molecule has 2 nitrogen and oxygen atoms in total. The van der Waals surface area contributed by atoms with E-state index in [9.17, 15) is 13.2 Å². The SMILES string of the molecule is Cc1csc(Sc2ccc(C(F)(F)F)cc2N)n1. The number of hydrogen-bond donors (Lipinski definition) is 1. The number of halogens is 3. The number of thiazole rings is 1. The van der Waals surface area contributed by atoms with E-state index in [1.54, 1.807) is 0 Å². The predicted molar refractivity (Wildman–Crippen MR) is 66.8 cm³/mol. The van der Waals surface area contributed by atoms with E-state index in [4.69, 9.17) is 5.73 Å². The molecule has 1 heterocycles. The summed E-state index contributed by atoms with van der Waals surface area (Å²) < 4.78 is 38.1. The molecule has 0 amide bonds. The van der Waals surface area contributed by atoms with Crippen molar-refractivity contribution in [3.8, 4) is 0 Å². The number of nitrogens with two attached hydrogens (primary N) is 1. The lowest BCUT2D eigenvalue weighted by Gasteiger charge is -2.09. The summed E-state index contributed by atoms with van der Waals surface area (Å²) in [5.41, 5.74) is 5.89. The molecule has 96 valence electrons. The Hall–Kier alpha value is -1.21. The summed E-state index contributed by atoms with van der Waals surface area (Å²) in [7, 11) is 0. The van der Waals surface area contributed by atoms with Gasteiger partial charge in [0.25, 0.3) is 0 Å². The third-order valence-corrected chi connectivity index (χ3v) is 4.28. The van der Waals surface area contributed by atoms with E-state index < -0.39 is 11.7 Å². The van der Waals surface area contributed by atoms with Crippen LogP contribution in [0.3, 0.4) is 0 Å². The summed E-state index contributed by atoms with van der Waals surface area (Å²) in [5, 5.41) is 1.88. The Morgan fingerprint density at radius 2 is 2.06 bits per heavy atom. The molecule has 0 saturated heterocycles. The van der Waals surface area contributed by atoms with E-state index in [2.05, 4.69) is 4.98 Å². The number of alkyl halides is 3. The quantitative estimate of drug-likeness (QED) is 0.842. The molecule has 0 radical (unpaired) electrons. The van der Waals surface area contributed by atoms with Gasteiger partial charge in [-0.1, -0.05) is 11.8 Å². The first kappa shape index (κ1) is 13.2. The molecule has 7 heteroatoms. The van der Waals surface area contributed by atoms with Crippen molar-refractivity contribution in [1.29, 1.82) is 0 Å². The van der Waals surface area contributed by atoms with Crippen molar-refractivity contribution >= 4 is 28.8 Å². The Morgan fingerprint density at radius 1 is 1.33 bits per heavy atom. The molecule has 1 aromatic carbocycles. The second kappa shape index (κ2) is 4.81. The van der Waals surface area contributed by atoms with Gasteiger partial charge >= 0.3 is 6.18 Å². The van der Waals surface area contributed by atoms with Crippen LogP contribution in [0.15, 0.2) is 32.8 Å². The Bertz CT molecular complexity index is 564. The van der Waals surface area contributed by atoms with E-state index in [0.29, 0.717) is 4.90 Å². The highest BCUT2D eigenvalue weighted by molar-refractivity contribution is 8.01. The van der Waals surface area contributed by atoms with Crippen LogP contribution in [0.1, 0.15) is 11.3 Å². The molecule has 0 aliphatic heterocycles. The van der Waals surface area contributed by atoms with E-state index in [-0.39, 0.29) is 5.69 Å². The van der Waals surface area contributed by atoms with Crippen molar-refractivity contribution in [1.82, 2.24) is 4.98 Å². The zero-order valence-corrected chi connectivity index (χ0v) is 10.9. The smallest absolute Gasteiger partial charge is 0.398 e. The van der Waals surface area contributed by atoms with Crippen LogP contribution in [0.5, 0.6) is 0 Å². The molecule has 1 aromatic heterocycles. The van der Waals surface area contributed by atoms with Crippen LogP contribution < -0.4 is 5.73 Å². The highest BCUT2D eigenvalue weighted by atomic mass is 32.2. The number of nitrogen functional groups attached to an aromatic ring is 1. The van der Waals surface area contributed by atoms with E-state index in [1.807, 2.05) is 12.3 Å². The minimum atomic E-state index is -4.37. The van der Waals surface area contributed by atoms with Crippen LogP contribution in [0.2, 0.25) is 0 Å². The fourth-order valence-electron chi connectivity index (χ4n) is 1.29. The Kier molecular flexibility index (Phi) is 3.54. The number of benzene rings is 1. The molecule has 0 saturated carbocycles. The lowest BCUT2D eigenvalue weighted by atomic mass is 10.2. The average Bonchev–Trinajstić information content (AvgIpc) is 2.65. The van der Waals surface area contributed by atoms with E-state index in [1.165, 1.54) is 29.2 Å². The van der Waals surface area contributed by atoms with Gasteiger partial charge in [-0.05, 0) is 25.1 Å². The largest absolute Gasteiger partial charge is 0.416 e. The van der Waals surface area contributed by atoms with Gasteiger partial charge in [0.05, 0.1) is 5.56 Å². The Labute approximate surface area is 110 Å². The third-order valence-electron chi connectivity index (χ3n) is 2.13. The summed E-state index contributed by atoms with van der Waals surface area (Å²) in [5.74, 6) is 0. The van der Waals surface area contributed by atoms with Crippen molar-refractivity contribution in [2.75, 3.05) is 5.73 Å². The summed E-state index contributed by atoms with van der Waals surface area (Å²) in [6.45, 7) is 1.86. The fraction of sp³-hybridized carbons (Fsp3) is 0.182. The van der Waals surface area contributed by atoms with Crippen LogP contribution in [0, 0.1) is 6.92 Å². The van der Waals surface area contributed by atoms with Gasteiger partial charge in [-0.2, -0.15) is 13.2 Å². The molecule has 18 heavy (non-hydrogen) atoms. The predicted octanol–water partition coefficient (Wildman–Crippen LogP) is 4.20. The molecule has 2 N–H and O–H groups in total. The second-order valence-corrected chi connectivity index (χ2v) is 5.75.